The zero-order valence-corrected chi connectivity index (χ0v) is 14.8. The van der Waals surface area contributed by atoms with Crippen LogP contribution in [0.5, 0.6) is 5.75 Å². The summed E-state index contributed by atoms with van der Waals surface area (Å²) in [6.45, 7) is 1.78. The number of ether oxygens (including phenoxy) is 1. The Morgan fingerprint density at radius 2 is 1.96 bits per heavy atom. The Labute approximate surface area is 148 Å². The number of benzene rings is 2. The molecule has 25 heavy (non-hydrogen) atoms. The molecule has 3 aromatic rings. The van der Waals surface area contributed by atoms with Crippen LogP contribution in [-0.4, -0.2) is 20.8 Å². The highest BCUT2D eigenvalue weighted by Crippen LogP contribution is 2.18. The highest BCUT2D eigenvalue weighted by molar-refractivity contribution is 7.90. The fraction of sp³-hybridized carbons (Fsp3) is 0.133. The topological polar surface area (TPSA) is 99.7 Å². The van der Waals surface area contributed by atoms with E-state index in [0.29, 0.717) is 16.5 Å². The Balaban J connectivity index is 1.99. The largest absolute Gasteiger partial charge is 0.497 e. The van der Waals surface area contributed by atoms with Crippen LogP contribution >= 0.6 is 11.6 Å². The number of aromatic nitrogens is 3. The zero-order chi connectivity index (χ0) is 18.0. The monoisotopic (exact) mass is 380 g/mol. The fourth-order valence-electron chi connectivity index (χ4n) is 2.04. The van der Waals surface area contributed by atoms with Gasteiger partial charge in [0.1, 0.15) is 5.75 Å². The SMILES string of the molecule is COc1ccc(S(=O)(=O)/N=c2/[n-][n+](-c3cccc(Cl)c3C)no2)cc1. The third-order valence-electron chi connectivity index (χ3n) is 3.39. The van der Waals surface area contributed by atoms with E-state index in [1.807, 2.05) is 0 Å². The lowest BCUT2D eigenvalue weighted by Gasteiger charge is -2.02. The molecule has 0 aliphatic heterocycles. The van der Waals surface area contributed by atoms with Gasteiger partial charge in [-0.2, -0.15) is 0 Å². The minimum atomic E-state index is -3.99. The van der Waals surface area contributed by atoms with Crippen molar-refractivity contribution >= 4 is 21.6 Å². The van der Waals surface area contributed by atoms with Gasteiger partial charge in [-0.3, -0.25) is 0 Å². The van der Waals surface area contributed by atoms with Crippen LogP contribution in [-0.2, 0) is 10.0 Å². The van der Waals surface area contributed by atoms with E-state index in [9.17, 15) is 8.42 Å². The van der Waals surface area contributed by atoms with Gasteiger partial charge in [0.15, 0.2) is 0 Å². The van der Waals surface area contributed by atoms with Crippen LogP contribution in [0.25, 0.3) is 5.69 Å². The Bertz CT molecular complexity index is 1070. The molecular weight excluding hydrogens is 368 g/mol. The summed E-state index contributed by atoms with van der Waals surface area (Å²) in [5.41, 5.74) is 0.884. The maximum absolute atomic E-state index is 12.3. The van der Waals surface area contributed by atoms with Gasteiger partial charge in [-0.1, -0.05) is 22.8 Å². The first kappa shape index (κ1) is 17.2. The van der Waals surface area contributed by atoms with Gasteiger partial charge in [-0.05, 0) is 42.1 Å². The second-order valence-electron chi connectivity index (χ2n) is 4.97. The number of nitrogens with zero attached hydrogens (tertiary/aromatic N) is 4. The number of hydrogen-bond donors (Lipinski definition) is 0. The Morgan fingerprint density at radius 3 is 2.64 bits per heavy atom. The van der Waals surface area contributed by atoms with Gasteiger partial charge in [0.2, 0.25) is 15.7 Å². The van der Waals surface area contributed by atoms with E-state index in [-0.39, 0.29) is 4.90 Å². The second-order valence-corrected chi connectivity index (χ2v) is 6.98. The summed E-state index contributed by atoms with van der Waals surface area (Å²) < 4.78 is 38.1. The molecule has 0 radical (unpaired) electrons. The summed E-state index contributed by atoms with van der Waals surface area (Å²) >= 11 is 6.05. The van der Waals surface area contributed by atoms with Crippen molar-refractivity contribution in [3.63, 3.8) is 0 Å². The molecule has 1 heterocycles. The fourth-order valence-corrected chi connectivity index (χ4v) is 3.07. The number of halogens is 1. The molecule has 130 valence electrons. The average molecular weight is 381 g/mol. The van der Waals surface area contributed by atoms with Crippen LogP contribution in [0.15, 0.2) is 56.3 Å². The van der Waals surface area contributed by atoms with E-state index in [1.54, 1.807) is 25.1 Å². The van der Waals surface area contributed by atoms with Gasteiger partial charge in [0, 0.05) is 11.6 Å². The third kappa shape index (κ3) is 3.57. The average Bonchev–Trinajstić information content (AvgIpc) is 3.05. The van der Waals surface area contributed by atoms with Crippen molar-refractivity contribution in [1.82, 2.24) is 10.4 Å². The van der Waals surface area contributed by atoms with E-state index in [1.165, 1.54) is 31.4 Å². The van der Waals surface area contributed by atoms with Crippen LogP contribution in [0.3, 0.4) is 0 Å². The molecule has 0 N–H and O–H groups in total. The molecule has 0 unspecified atom stereocenters. The Hall–Kier alpha value is -2.65. The van der Waals surface area contributed by atoms with Gasteiger partial charge in [-0.25, -0.2) is 12.8 Å². The molecule has 1 aromatic heterocycles. The molecule has 0 amide bonds. The van der Waals surface area contributed by atoms with Crippen molar-refractivity contribution in [1.29, 1.82) is 0 Å². The number of rotatable bonds is 4. The predicted molar refractivity (Wildman–Crippen MR) is 86.8 cm³/mol. The molecule has 2 aromatic carbocycles. The lowest BCUT2D eigenvalue weighted by Crippen LogP contribution is -2.41. The van der Waals surface area contributed by atoms with Crippen LogP contribution in [0.2, 0.25) is 5.02 Å². The quantitative estimate of drug-likeness (QED) is 0.630. The lowest BCUT2D eigenvalue weighted by atomic mass is 10.2. The number of hydrogen-bond acceptors (Lipinski definition) is 5. The summed E-state index contributed by atoms with van der Waals surface area (Å²) in [6.07, 6.45) is 0. The first-order valence-electron chi connectivity index (χ1n) is 7.04. The molecule has 0 saturated carbocycles. The Kier molecular flexibility index (Phi) is 4.60. The second kappa shape index (κ2) is 6.69. The maximum atomic E-state index is 12.3. The molecule has 0 aliphatic carbocycles. The first-order valence-corrected chi connectivity index (χ1v) is 8.86. The minimum Gasteiger partial charge on any atom is -0.497 e. The molecule has 0 aliphatic rings. The molecule has 8 nitrogen and oxygen atoms in total. The van der Waals surface area contributed by atoms with E-state index in [0.717, 1.165) is 10.4 Å². The summed E-state index contributed by atoms with van der Waals surface area (Å²) in [5.74, 6) is 0.533. The van der Waals surface area contributed by atoms with Crippen molar-refractivity contribution < 1.29 is 22.5 Å². The Morgan fingerprint density at radius 1 is 1.24 bits per heavy atom. The van der Waals surface area contributed by atoms with Gasteiger partial charge in [-0.15, -0.1) is 0 Å². The van der Waals surface area contributed by atoms with Gasteiger partial charge >= 0.3 is 0 Å². The van der Waals surface area contributed by atoms with E-state index < -0.39 is 15.7 Å². The van der Waals surface area contributed by atoms with Gasteiger partial charge < -0.3 is 9.26 Å². The number of methoxy groups -OCH3 is 1. The van der Waals surface area contributed by atoms with Crippen molar-refractivity contribution in [2.75, 3.05) is 7.11 Å². The van der Waals surface area contributed by atoms with Crippen LogP contribution < -0.4 is 20.3 Å². The van der Waals surface area contributed by atoms with Crippen molar-refractivity contribution in [3.8, 4) is 11.4 Å². The molecule has 0 spiro atoms. The standard InChI is InChI=1S/C15H13ClN4O4S/c1-10-13(16)4-3-5-14(10)20-17-15(24-19-20)18-25(21,22)12-8-6-11(23-2)7-9-12/h3-9H,1-2H3/b18-15-. The molecule has 0 saturated heterocycles. The van der Waals surface area contributed by atoms with Crippen molar-refractivity contribution in [2.45, 2.75) is 11.8 Å². The van der Waals surface area contributed by atoms with Crippen LogP contribution in [0, 0.1) is 6.92 Å². The van der Waals surface area contributed by atoms with Gasteiger partial charge in [0.05, 0.1) is 22.3 Å². The van der Waals surface area contributed by atoms with E-state index in [2.05, 4.69) is 14.8 Å². The van der Waals surface area contributed by atoms with E-state index >= 15 is 0 Å². The summed E-state index contributed by atoms with van der Waals surface area (Å²) in [7, 11) is -2.50. The van der Waals surface area contributed by atoms with Crippen LogP contribution in [0.1, 0.15) is 5.56 Å². The maximum Gasteiger partial charge on any atom is 0.261 e. The zero-order valence-electron chi connectivity index (χ0n) is 13.2. The molecule has 3 rings (SSSR count). The first-order chi connectivity index (χ1) is 11.9. The van der Waals surface area contributed by atoms with Crippen LogP contribution in [0.4, 0.5) is 0 Å². The summed E-state index contributed by atoms with van der Waals surface area (Å²) in [4.78, 5) is 1.11. The van der Waals surface area contributed by atoms with E-state index in [4.69, 9.17) is 20.9 Å². The normalized spacial score (nSPS) is 12.4. The summed E-state index contributed by atoms with van der Waals surface area (Å²) in [6, 6.07) is 11.0. The minimum absolute atomic E-state index is 0.0167. The van der Waals surface area contributed by atoms with Crippen molar-refractivity contribution in [3.05, 3.63) is 58.7 Å². The highest BCUT2D eigenvalue weighted by atomic mass is 35.5. The molecular formula is C15H13ClN4O4S. The molecule has 0 atom stereocenters. The lowest BCUT2D eigenvalue weighted by molar-refractivity contribution is -0.730. The molecule has 10 heteroatoms. The highest BCUT2D eigenvalue weighted by Gasteiger charge is 2.14. The summed E-state index contributed by atoms with van der Waals surface area (Å²) in [5, 5.41) is 8.15. The molecule has 0 bridgehead atoms. The predicted octanol–water partition coefficient (Wildman–Crippen LogP) is 1.17. The number of sulfonamides is 1. The van der Waals surface area contributed by atoms with Crippen molar-refractivity contribution in [2.24, 2.45) is 4.40 Å². The molecule has 0 fully saturated rings. The third-order valence-corrected chi connectivity index (χ3v) is 5.06. The smallest absolute Gasteiger partial charge is 0.261 e. The van der Waals surface area contributed by atoms with Gasteiger partial charge in [0.25, 0.3) is 5.68 Å².